The number of aryl methyl sites for hydroxylation is 1. The van der Waals surface area contributed by atoms with Crippen LogP contribution in [0.15, 0.2) is 17.5 Å². The fourth-order valence-corrected chi connectivity index (χ4v) is 3.72. The standard InChI is InChI=1S/C14H20N2OS/c17-14(6-5-13-2-1-9-18-13)16-8-7-11-3-4-12(10-16)15-11/h1-2,9,11-12,15H,3-8,10H2. The lowest BCUT2D eigenvalue weighted by Crippen LogP contribution is -2.39. The first-order chi connectivity index (χ1) is 8.81. The minimum absolute atomic E-state index is 0.331. The predicted molar refractivity (Wildman–Crippen MR) is 73.8 cm³/mol. The molecule has 2 atom stereocenters. The Morgan fingerprint density at radius 1 is 1.39 bits per heavy atom. The van der Waals surface area contributed by atoms with E-state index >= 15 is 0 Å². The van der Waals surface area contributed by atoms with Crippen LogP contribution < -0.4 is 5.32 Å². The monoisotopic (exact) mass is 264 g/mol. The molecule has 3 rings (SSSR count). The van der Waals surface area contributed by atoms with Crippen molar-refractivity contribution in [1.29, 1.82) is 0 Å². The van der Waals surface area contributed by atoms with Gasteiger partial charge in [-0.2, -0.15) is 0 Å². The molecule has 2 fully saturated rings. The molecule has 0 aliphatic carbocycles. The van der Waals surface area contributed by atoms with Crippen molar-refractivity contribution in [3.05, 3.63) is 22.4 Å². The van der Waals surface area contributed by atoms with Crippen molar-refractivity contribution < 1.29 is 4.79 Å². The van der Waals surface area contributed by atoms with E-state index in [1.165, 1.54) is 17.7 Å². The number of hydrogen-bond donors (Lipinski definition) is 1. The first-order valence-corrected chi connectivity index (χ1v) is 7.75. The smallest absolute Gasteiger partial charge is 0.222 e. The topological polar surface area (TPSA) is 32.3 Å². The molecule has 0 radical (unpaired) electrons. The molecule has 2 aliphatic rings. The molecule has 1 aromatic heterocycles. The third-order valence-corrected chi connectivity index (χ3v) is 4.98. The first kappa shape index (κ1) is 12.2. The second-order valence-electron chi connectivity index (χ2n) is 5.35. The van der Waals surface area contributed by atoms with Crippen molar-refractivity contribution in [2.24, 2.45) is 0 Å². The molecule has 0 aromatic carbocycles. The van der Waals surface area contributed by atoms with E-state index < -0.39 is 0 Å². The Balaban J connectivity index is 1.52. The first-order valence-electron chi connectivity index (χ1n) is 6.87. The molecule has 2 unspecified atom stereocenters. The summed E-state index contributed by atoms with van der Waals surface area (Å²) in [5.74, 6) is 0.331. The maximum atomic E-state index is 12.2. The van der Waals surface area contributed by atoms with Crippen LogP contribution in [0.4, 0.5) is 0 Å². The Morgan fingerprint density at radius 3 is 3.11 bits per heavy atom. The number of fused-ring (bicyclic) bond motifs is 2. The molecule has 3 nitrogen and oxygen atoms in total. The lowest BCUT2D eigenvalue weighted by molar-refractivity contribution is -0.131. The summed E-state index contributed by atoms with van der Waals surface area (Å²) >= 11 is 1.74. The fraction of sp³-hybridized carbons (Fsp3) is 0.643. The maximum absolute atomic E-state index is 12.2. The number of likely N-dealkylation sites (tertiary alicyclic amines) is 1. The molecule has 18 heavy (non-hydrogen) atoms. The van der Waals surface area contributed by atoms with E-state index in [-0.39, 0.29) is 0 Å². The summed E-state index contributed by atoms with van der Waals surface area (Å²) in [5.41, 5.74) is 0. The number of thiophene rings is 1. The van der Waals surface area contributed by atoms with Gasteiger partial charge in [0.2, 0.25) is 5.91 Å². The summed E-state index contributed by atoms with van der Waals surface area (Å²) in [4.78, 5) is 15.6. The van der Waals surface area contributed by atoms with Gasteiger partial charge in [0.1, 0.15) is 0 Å². The molecule has 0 spiro atoms. The fourth-order valence-electron chi connectivity index (χ4n) is 3.01. The lowest BCUT2D eigenvalue weighted by atomic mass is 10.1. The van der Waals surface area contributed by atoms with Crippen molar-refractivity contribution in [3.8, 4) is 0 Å². The largest absolute Gasteiger partial charge is 0.341 e. The second-order valence-corrected chi connectivity index (χ2v) is 6.38. The van der Waals surface area contributed by atoms with Crippen molar-refractivity contribution >= 4 is 17.2 Å². The highest BCUT2D eigenvalue weighted by molar-refractivity contribution is 7.09. The zero-order chi connectivity index (χ0) is 12.4. The number of carbonyl (C=O) groups excluding carboxylic acids is 1. The molecule has 4 heteroatoms. The van der Waals surface area contributed by atoms with Crippen LogP contribution in [-0.4, -0.2) is 36.0 Å². The average Bonchev–Trinajstić information content (AvgIpc) is 2.96. The van der Waals surface area contributed by atoms with Crippen LogP contribution in [0.5, 0.6) is 0 Å². The van der Waals surface area contributed by atoms with Gasteiger partial charge in [0.25, 0.3) is 0 Å². The van der Waals surface area contributed by atoms with Gasteiger partial charge < -0.3 is 10.2 Å². The van der Waals surface area contributed by atoms with Crippen LogP contribution in [-0.2, 0) is 11.2 Å². The van der Waals surface area contributed by atoms with Gasteiger partial charge in [0, 0.05) is 36.5 Å². The highest BCUT2D eigenvalue weighted by Gasteiger charge is 2.30. The van der Waals surface area contributed by atoms with Gasteiger partial charge in [-0.1, -0.05) is 6.07 Å². The molecule has 1 aromatic rings. The van der Waals surface area contributed by atoms with Crippen LogP contribution in [0, 0.1) is 0 Å². The van der Waals surface area contributed by atoms with Crippen molar-refractivity contribution in [2.45, 2.75) is 44.2 Å². The van der Waals surface area contributed by atoms with E-state index in [2.05, 4.69) is 27.7 Å². The van der Waals surface area contributed by atoms with Crippen LogP contribution >= 0.6 is 11.3 Å². The number of rotatable bonds is 3. The number of nitrogens with one attached hydrogen (secondary N) is 1. The van der Waals surface area contributed by atoms with E-state index in [0.29, 0.717) is 24.4 Å². The van der Waals surface area contributed by atoms with Crippen molar-refractivity contribution in [1.82, 2.24) is 10.2 Å². The summed E-state index contributed by atoms with van der Waals surface area (Å²) in [7, 11) is 0. The van der Waals surface area contributed by atoms with E-state index in [1.54, 1.807) is 11.3 Å². The van der Waals surface area contributed by atoms with Gasteiger partial charge >= 0.3 is 0 Å². The lowest BCUT2D eigenvalue weighted by Gasteiger charge is -2.24. The van der Waals surface area contributed by atoms with Crippen molar-refractivity contribution in [2.75, 3.05) is 13.1 Å². The maximum Gasteiger partial charge on any atom is 0.222 e. The summed E-state index contributed by atoms with van der Waals surface area (Å²) < 4.78 is 0. The Bertz CT molecular complexity index is 404. The second kappa shape index (κ2) is 5.41. The average molecular weight is 264 g/mol. The van der Waals surface area contributed by atoms with Crippen LogP contribution in [0.1, 0.15) is 30.6 Å². The molecule has 0 saturated carbocycles. The number of amides is 1. The normalized spacial score (nSPS) is 27.2. The Hall–Kier alpha value is -0.870. The van der Waals surface area contributed by atoms with Gasteiger partial charge in [-0.05, 0) is 37.1 Å². The molecule has 1 amide bonds. The molecule has 3 heterocycles. The zero-order valence-electron chi connectivity index (χ0n) is 10.6. The summed E-state index contributed by atoms with van der Waals surface area (Å²) in [6.45, 7) is 1.86. The van der Waals surface area contributed by atoms with Crippen LogP contribution in [0.2, 0.25) is 0 Å². The minimum Gasteiger partial charge on any atom is -0.341 e. The van der Waals surface area contributed by atoms with E-state index in [4.69, 9.17) is 0 Å². The number of hydrogen-bond acceptors (Lipinski definition) is 3. The Labute approximate surface area is 112 Å². The Morgan fingerprint density at radius 2 is 2.28 bits per heavy atom. The zero-order valence-corrected chi connectivity index (χ0v) is 11.4. The third kappa shape index (κ3) is 2.75. The summed E-state index contributed by atoms with van der Waals surface area (Å²) in [5, 5.41) is 5.69. The molecular formula is C14H20N2OS. The predicted octanol–water partition coefficient (Wildman–Crippen LogP) is 2.03. The van der Waals surface area contributed by atoms with E-state index in [9.17, 15) is 4.79 Å². The molecule has 98 valence electrons. The molecular weight excluding hydrogens is 244 g/mol. The summed E-state index contributed by atoms with van der Waals surface area (Å²) in [6.07, 6.45) is 5.22. The van der Waals surface area contributed by atoms with Gasteiger partial charge in [0.05, 0.1) is 0 Å². The highest BCUT2D eigenvalue weighted by Crippen LogP contribution is 2.21. The molecule has 1 N–H and O–H groups in total. The molecule has 2 saturated heterocycles. The number of carbonyl (C=O) groups is 1. The van der Waals surface area contributed by atoms with E-state index in [1.807, 2.05) is 0 Å². The third-order valence-electron chi connectivity index (χ3n) is 4.04. The van der Waals surface area contributed by atoms with Crippen LogP contribution in [0.3, 0.4) is 0 Å². The minimum atomic E-state index is 0.331. The SMILES string of the molecule is O=C(CCc1cccs1)N1CCC2CCC(C1)N2. The Kier molecular flexibility index (Phi) is 3.66. The van der Waals surface area contributed by atoms with Gasteiger partial charge in [-0.3, -0.25) is 4.79 Å². The molecule has 2 bridgehead atoms. The quantitative estimate of drug-likeness (QED) is 0.906. The van der Waals surface area contributed by atoms with E-state index in [0.717, 1.165) is 25.9 Å². The van der Waals surface area contributed by atoms with Crippen molar-refractivity contribution in [3.63, 3.8) is 0 Å². The van der Waals surface area contributed by atoms with Gasteiger partial charge in [0.15, 0.2) is 0 Å². The summed E-state index contributed by atoms with van der Waals surface area (Å²) in [6, 6.07) is 5.37. The van der Waals surface area contributed by atoms with Crippen LogP contribution in [0.25, 0.3) is 0 Å². The van der Waals surface area contributed by atoms with Gasteiger partial charge in [-0.25, -0.2) is 0 Å². The highest BCUT2D eigenvalue weighted by atomic mass is 32.1. The molecule has 2 aliphatic heterocycles. The number of nitrogens with zero attached hydrogens (tertiary/aromatic N) is 1. The van der Waals surface area contributed by atoms with Gasteiger partial charge in [-0.15, -0.1) is 11.3 Å².